The molecule has 2 aliphatic heterocycles. The third kappa shape index (κ3) is 9.81. The van der Waals surface area contributed by atoms with Gasteiger partial charge in [-0.2, -0.15) is 4.98 Å². The number of anilines is 4. The number of H-pyrrole nitrogens is 1. The van der Waals surface area contributed by atoms with Crippen LogP contribution in [0.3, 0.4) is 0 Å². The highest BCUT2D eigenvalue weighted by Crippen LogP contribution is 2.32. The van der Waals surface area contributed by atoms with Crippen LogP contribution in [0.4, 0.5) is 23.0 Å². The smallest absolute Gasteiger partial charge is 0.280 e. The Balaban J connectivity index is 0.00000285. The third-order valence-corrected chi connectivity index (χ3v) is 9.66. The van der Waals surface area contributed by atoms with Gasteiger partial charge >= 0.3 is 0 Å². The van der Waals surface area contributed by atoms with Crippen LogP contribution in [0.25, 0.3) is 11.2 Å². The average Bonchev–Trinajstić information content (AvgIpc) is 3.84. The van der Waals surface area contributed by atoms with Crippen LogP contribution in [0.1, 0.15) is 38.5 Å². The van der Waals surface area contributed by atoms with Gasteiger partial charge in [0.2, 0.25) is 17.8 Å². The first-order chi connectivity index (χ1) is 26.5. The first kappa shape index (κ1) is 40.7. The number of aryl methyl sites for hydroxylation is 1. The van der Waals surface area contributed by atoms with E-state index < -0.39 is 22.6 Å². The Kier molecular flexibility index (Phi) is 13.9. The Morgan fingerprint density at radius 2 is 1.78 bits per heavy atom. The van der Waals surface area contributed by atoms with Gasteiger partial charge in [-0.1, -0.05) is 31.5 Å². The summed E-state index contributed by atoms with van der Waals surface area (Å²) in [5.74, 6) is 0.246. The zero-order valence-corrected chi connectivity index (χ0v) is 32.1. The molecule has 2 aliphatic rings. The molecule has 7 N–H and O–H groups in total. The normalized spacial score (nSPS) is 17.3. The first-order valence-corrected chi connectivity index (χ1v) is 18.6. The molecule has 0 bridgehead atoms. The van der Waals surface area contributed by atoms with Crippen LogP contribution in [0.2, 0.25) is 5.02 Å². The van der Waals surface area contributed by atoms with Crippen molar-refractivity contribution in [3.05, 3.63) is 72.0 Å². The lowest BCUT2D eigenvalue weighted by Gasteiger charge is -2.34. The SMILES string of the molecule is CC.COc1cc(Cl)c(C)cc1NCC(=O)N1CCN(C/C=C/C(=O)NCCNc2c(NCC3CCC(n4cnc5c(=O)[nH]c(N)nc54)O3)c(=O)c2=O)CC1. The van der Waals surface area contributed by atoms with E-state index in [0.29, 0.717) is 67.7 Å². The molecule has 296 valence electrons. The van der Waals surface area contributed by atoms with Gasteiger partial charge in [-0.3, -0.25) is 38.4 Å². The molecule has 2 unspecified atom stereocenters. The maximum Gasteiger partial charge on any atom is 0.280 e. The number of ether oxygens (including phenoxy) is 2. The zero-order valence-electron chi connectivity index (χ0n) is 31.4. The molecule has 0 aliphatic carbocycles. The molecule has 2 amide bonds. The average molecular weight is 782 g/mol. The predicted octanol–water partition coefficient (Wildman–Crippen LogP) is 1.42. The Hall–Kier alpha value is -5.46. The molecule has 2 saturated heterocycles. The number of carbonyl (C=O) groups excluding carboxylic acids is 2. The first-order valence-electron chi connectivity index (χ1n) is 18.2. The predicted molar refractivity (Wildman–Crippen MR) is 212 cm³/mol. The number of nitrogen functional groups attached to an aromatic ring is 1. The van der Waals surface area contributed by atoms with Crippen LogP contribution < -0.4 is 48.2 Å². The van der Waals surface area contributed by atoms with E-state index >= 15 is 0 Å². The van der Waals surface area contributed by atoms with Crippen LogP contribution in [0, 0.1) is 6.92 Å². The van der Waals surface area contributed by atoms with Crippen molar-refractivity contribution in [2.75, 3.05) is 87.7 Å². The topological polar surface area (TPSA) is 231 Å². The molecule has 0 saturated carbocycles. The van der Waals surface area contributed by atoms with Gasteiger partial charge in [0, 0.05) is 69.5 Å². The second-order valence-electron chi connectivity index (χ2n) is 12.8. The lowest BCUT2D eigenvalue weighted by Crippen LogP contribution is -2.50. The van der Waals surface area contributed by atoms with Gasteiger partial charge in [-0.25, -0.2) is 4.98 Å². The monoisotopic (exact) mass is 781 g/mol. The van der Waals surface area contributed by atoms with Crippen molar-refractivity contribution >= 4 is 57.6 Å². The molecule has 2 aromatic carbocycles. The number of nitrogens with two attached hydrogens (primary N) is 1. The number of piperazine rings is 1. The molecule has 18 nitrogen and oxygen atoms in total. The van der Waals surface area contributed by atoms with Crippen LogP contribution in [-0.2, 0) is 14.3 Å². The van der Waals surface area contributed by atoms with E-state index in [1.807, 2.05) is 26.8 Å². The van der Waals surface area contributed by atoms with Crippen LogP contribution in [0.15, 0.2) is 45.0 Å². The van der Waals surface area contributed by atoms with Gasteiger partial charge in [0.25, 0.3) is 16.4 Å². The van der Waals surface area contributed by atoms with Crippen molar-refractivity contribution in [1.82, 2.24) is 34.6 Å². The minimum absolute atomic E-state index is 0.0175. The van der Waals surface area contributed by atoms with Crippen molar-refractivity contribution < 1.29 is 19.1 Å². The number of halogens is 1. The zero-order chi connectivity index (χ0) is 39.6. The highest BCUT2D eigenvalue weighted by molar-refractivity contribution is 6.31. The van der Waals surface area contributed by atoms with Gasteiger partial charge in [-0.15, -0.1) is 0 Å². The number of hydrogen-bond acceptors (Lipinski definition) is 14. The minimum atomic E-state index is -0.627. The molecule has 0 spiro atoms. The lowest BCUT2D eigenvalue weighted by molar-refractivity contribution is -0.130. The molecular formula is C36H48ClN11O7. The number of methoxy groups -OCH3 is 1. The van der Waals surface area contributed by atoms with Crippen molar-refractivity contribution in [2.24, 2.45) is 0 Å². The fourth-order valence-corrected chi connectivity index (χ4v) is 6.47. The minimum Gasteiger partial charge on any atom is -0.495 e. The molecule has 2 fully saturated rings. The summed E-state index contributed by atoms with van der Waals surface area (Å²) in [4.78, 5) is 76.4. The van der Waals surface area contributed by atoms with E-state index in [2.05, 4.69) is 41.1 Å². The molecule has 4 heterocycles. The number of aromatic amines is 1. The summed E-state index contributed by atoms with van der Waals surface area (Å²) in [6.45, 7) is 9.82. The Morgan fingerprint density at radius 3 is 2.51 bits per heavy atom. The lowest BCUT2D eigenvalue weighted by atomic mass is 10.1. The third-order valence-electron chi connectivity index (χ3n) is 9.26. The standard InChI is InChI=1S/C34H42ClN11O7.C2H6/c1-19-14-22(23(52-2)15-21(19)35)39-17-25(48)45-12-10-44(11-13-45)9-3-4-24(47)37-7-8-38-27-28(31(50)30(27)49)40-16-20-5-6-26(53-20)46-18-41-29-32(46)42-34(36)43-33(29)51;1-2/h3-4,14-15,18,20,26,38-40H,5-13,16-17H2,1-2H3,(H,37,47)(H3,36,42,43,51);1-2H3/b4-3+;. The summed E-state index contributed by atoms with van der Waals surface area (Å²) in [5, 5.41) is 12.5. The summed E-state index contributed by atoms with van der Waals surface area (Å²) in [5.41, 5.74) is 6.43. The van der Waals surface area contributed by atoms with Gasteiger partial charge in [0.1, 0.15) is 23.4 Å². The number of carbonyl (C=O) groups is 2. The Morgan fingerprint density at radius 1 is 1.05 bits per heavy atom. The van der Waals surface area contributed by atoms with Gasteiger partial charge in [0.15, 0.2) is 11.2 Å². The van der Waals surface area contributed by atoms with E-state index in [1.54, 1.807) is 28.7 Å². The second-order valence-corrected chi connectivity index (χ2v) is 13.2. The number of imidazole rings is 1. The van der Waals surface area contributed by atoms with Gasteiger partial charge < -0.3 is 41.4 Å². The number of benzene rings is 1. The van der Waals surface area contributed by atoms with E-state index in [-0.39, 0.29) is 66.9 Å². The summed E-state index contributed by atoms with van der Waals surface area (Å²) in [6.07, 6.45) is 5.29. The summed E-state index contributed by atoms with van der Waals surface area (Å²) < 4.78 is 13.1. The Bertz CT molecular complexity index is 2130. The molecule has 19 heteroatoms. The molecule has 0 radical (unpaired) electrons. The maximum absolute atomic E-state index is 12.8. The van der Waals surface area contributed by atoms with Crippen LogP contribution in [0.5, 0.6) is 5.75 Å². The van der Waals surface area contributed by atoms with Crippen molar-refractivity contribution in [3.63, 3.8) is 0 Å². The van der Waals surface area contributed by atoms with E-state index in [1.165, 1.54) is 12.4 Å². The Labute approximate surface area is 322 Å². The number of fused-ring (bicyclic) bond motifs is 1. The molecular weight excluding hydrogens is 734 g/mol. The number of rotatable bonds is 15. The van der Waals surface area contributed by atoms with Gasteiger partial charge in [0.05, 0.1) is 31.8 Å². The van der Waals surface area contributed by atoms with Crippen LogP contribution >= 0.6 is 11.6 Å². The second kappa shape index (κ2) is 18.7. The fourth-order valence-electron chi connectivity index (χ4n) is 6.31. The fraction of sp³-hybridized carbons (Fsp3) is 0.472. The number of nitrogens with one attached hydrogen (secondary N) is 5. The number of aromatic nitrogens is 4. The van der Waals surface area contributed by atoms with Crippen molar-refractivity contribution in [2.45, 2.75) is 45.9 Å². The number of hydrogen-bond donors (Lipinski definition) is 6. The quantitative estimate of drug-likeness (QED) is 0.0570. The molecule has 4 aromatic rings. The van der Waals surface area contributed by atoms with E-state index in [4.69, 9.17) is 26.8 Å². The molecule has 2 aromatic heterocycles. The van der Waals surface area contributed by atoms with Gasteiger partial charge in [-0.05, 0) is 31.4 Å². The highest BCUT2D eigenvalue weighted by atomic mass is 35.5. The van der Waals surface area contributed by atoms with E-state index in [0.717, 1.165) is 5.56 Å². The van der Waals surface area contributed by atoms with E-state index in [9.17, 15) is 24.0 Å². The van der Waals surface area contributed by atoms with Crippen molar-refractivity contribution in [3.8, 4) is 5.75 Å². The molecule has 6 rings (SSSR count). The maximum atomic E-state index is 12.8. The number of nitrogens with zero attached hydrogens (tertiary/aromatic N) is 5. The van der Waals surface area contributed by atoms with Crippen molar-refractivity contribution in [1.29, 1.82) is 0 Å². The number of amides is 2. The highest BCUT2D eigenvalue weighted by Gasteiger charge is 2.30. The molecule has 55 heavy (non-hydrogen) atoms. The summed E-state index contributed by atoms with van der Waals surface area (Å²) in [6, 6.07) is 3.57. The summed E-state index contributed by atoms with van der Waals surface area (Å²) >= 11 is 6.17. The summed E-state index contributed by atoms with van der Waals surface area (Å²) in [7, 11) is 1.55. The van der Waals surface area contributed by atoms with Crippen LogP contribution in [-0.4, -0.2) is 113 Å². The largest absolute Gasteiger partial charge is 0.495 e. The molecule has 2 atom stereocenters.